The van der Waals surface area contributed by atoms with E-state index in [4.69, 9.17) is 0 Å². The lowest BCUT2D eigenvalue weighted by atomic mass is 10.0. The van der Waals surface area contributed by atoms with E-state index in [0.717, 1.165) is 31.5 Å². The SMILES string of the molecule is c1nc2c(c(N3CCC(NCC4CC4)CC3)n1)CCC2. The van der Waals surface area contributed by atoms with E-state index in [9.17, 15) is 0 Å². The Morgan fingerprint density at radius 2 is 1.95 bits per heavy atom. The van der Waals surface area contributed by atoms with Crippen LogP contribution < -0.4 is 10.2 Å². The maximum absolute atomic E-state index is 4.58. The maximum Gasteiger partial charge on any atom is 0.135 e. The lowest BCUT2D eigenvalue weighted by Gasteiger charge is -2.34. The van der Waals surface area contributed by atoms with Crippen molar-refractivity contribution < 1.29 is 0 Å². The molecule has 0 amide bonds. The summed E-state index contributed by atoms with van der Waals surface area (Å²) in [5.41, 5.74) is 2.72. The van der Waals surface area contributed by atoms with Crippen LogP contribution in [0.25, 0.3) is 0 Å². The smallest absolute Gasteiger partial charge is 0.135 e. The molecule has 20 heavy (non-hydrogen) atoms. The van der Waals surface area contributed by atoms with Gasteiger partial charge in [-0.1, -0.05) is 0 Å². The predicted molar refractivity (Wildman–Crippen MR) is 80.0 cm³/mol. The molecule has 2 fully saturated rings. The van der Waals surface area contributed by atoms with Crippen molar-refractivity contribution in [3.8, 4) is 0 Å². The van der Waals surface area contributed by atoms with Gasteiger partial charge in [-0.3, -0.25) is 0 Å². The van der Waals surface area contributed by atoms with Crippen LogP contribution in [0.5, 0.6) is 0 Å². The molecular weight excluding hydrogens is 248 g/mol. The molecule has 4 rings (SSSR count). The third kappa shape index (κ3) is 2.53. The highest BCUT2D eigenvalue weighted by atomic mass is 15.2. The molecule has 4 heteroatoms. The molecule has 2 aliphatic carbocycles. The van der Waals surface area contributed by atoms with Crippen molar-refractivity contribution >= 4 is 5.82 Å². The van der Waals surface area contributed by atoms with Crippen molar-refractivity contribution in [2.24, 2.45) is 5.92 Å². The number of aryl methyl sites for hydroxylation is 1. The minimum absolute atomic E-state index is 0.724. The van der Waals surface area contributed by atoms with Crippen LogP contribution in [0.15, 0.2) is 6.33 Å². The third-order valence-corrected chi connectivity index (χ3v) is 5.04. The van der Waals surface area contributed by atoms with Crippen LogP contribution >= 0.6 is 0 Å². The normalized spacial score (nSPS) is 23.1. The van der Waals surface area contributed by atoms with Gasteiger partial charge in [0.25, 0.3) is 0 Å². The molecule has 1 N–H and O–H groups in total. The standard InChI is InChI=1S/C16H24N4/c1-2-14-15(3-1)18-11-19-16(14)20-8-6-13(7-9-20)17-10-12-4-5-12/h11-13,17H,1-10H2. The van der Waals surface area contributed by atoms with Gasteiger partial charge in [-0.25, -0.2) is 9.97 Å². The molecule has 1 saturated carbocycles. The molecule has 1 saturated heterocycles. The Kier molecular flexibility index (Phi) is 3.34. The lowest BCUT2D eigenvalue weighted by molar-refractivity contribution is 0.407. The van der Waals surface area contributed by atoms with Gasteiger partial charge in [0, 0.05) is 30.4 Å². The Balaban J connectivity index is 1.37. The summed E-state index contributed by atoms with van der Waals surface area (Å²) in [4.78, 5) is 11.5. The van der Waals surface area contributed by atoms with Crippen molar-refractivity contribution in [3.05, 3.63) is 17.6 Å². The molecule has 0 unspecified atom stereocenters. The molecule has 0 spiro atoms. The zero-order valence-electron chi connectivity index (χ0n) is 12.1. The van der Waals surface area contributed by atoms with Crippen LogP contribution in [0.3, 0.4) is 0 Å². The van der Waals surface area contributed by atoms with Gasteiger partial charge in [-0.15, -0.1) is 0 Å². The largest absolute Gasteiger partial charge is 0.356 e. The van der Waals surface area contributed by atoms with Gasteiger partial charge in [-0.2, -0.15) is 0 Å². The molecule has 0 aromatic carbocycles. The number of fused-ring (bicyclic) bond motifs is 1. The van der Waals surface area contributed by atoms with Gasteiger partial charge < -0.3 is 10.2 Å². The first kappa shape index (κ1) is 12.6. The topological polar surface area (TPSA) is 41.1 Å². The lowest BCUT2D eigenvalue weighted by Crippen LogP contribution is -2.43. The van der Waals surface area contributed by atoms with Crippen LogP contribution in [-0.2, 0) is 12.8 Å². The van der Waals surface area contributed by atoms with Gasteiger partial charge >= 0.3 is 0 Å². The summed E-state index contributed by atoms with van der Waals surface area (Å²) >= 11 is 0. The highest BCUT2D eigenvalue weighted by molar-refractivity contribution is 5.50. The zero-order valence-corrected chi connectivity index (χ0v) is 12.1. The highest BCUT2D eigenvalue weighted by Crippen LogP contribution is 2.30. The van der Waals surface area contributed by atoms with E-state index >= 15 is 0 Å². The van der Waals surface area contributed by atoms with Crippen LogP contribution in [-0.4, -0.2) is 35.6 Å². The molecule has 0 atom stereocenters. The summed E-state index contributed by atoms with van der Waals surface area (Å²) in [6, 6.07) is 0.724. The Morgan fingerprint density at radius 3 is 2.75 bits per heavy atom. The average Bonchev–Trinajstić information content (AvgIpc) is 3.20. The second-order valence-electron chi connectivity index (χ2n) is 6.59. The Morgan fingerprint density at radius 1 is 1.10 bits per heavy atom. The van der Waals surface area contributed by atoms with E-state index in [0.29, 0.717) is 0 Å². The van der Waals surface area contributed by atoms with Gasteiger partial charge in [0.2, 0.25) is 0 Å². The summed E-state index contributed by atoms with van der Waals surface area (Å²) in [5.74, 6) is 2.21. The Bertz CT molecular complexity index is 475. The molecule has 0 bridgehead atoms. The van der Waals surface area contributed by atoms with Crippen LogP contribution in [0, 0.1) is 5.92 Å². The minimum Gasteiger partial charge on any atom is -0.356 e. The fourth-order valence-electron chi connectivity index (χ4n) is 3.57. The average molecular weight is 272 g/mol. The van der Waals surface area contributed by atoms with Crippen molar-refractivity contribution in [2.45, 2.75) is 51.0 Å². The van der Waals surface area contributed by atoms with E-state index < -0.39 is 0 Å². The maximum atomic E-state index is 4.58. The predicted octanol–water partition coefficient (Wildman–Crippen LogP) is 1.93. The number of hydrogen-bond acceptors (Lipinski definition) is 4. The monoisotopic (exact) mass is 272 g/mol. The number of hydrogen-bond donors (Lipinski definition) is 1. The summed E-state index contributed by atoms with van der Waals surface area (Å²) < 4.78 is 0. The molecule has 4 nitrogen and oxygen atoms in total. The highest BCUT2D eigenvalue weighted by Gasteiger charge is 2.27. The van der Waals surface area contributed by atoms with Crippen LogP contribution in [0.4, 0.5) is 5.82 Å². The molecule has 1 aromatic heterocycles. The van der Waals surface area contributed by atoms with E-state index in [2.05, 4.69) is 20.2 Å². The fourth-order valence-corrected chi connectivity index (χ4v) is 3.57. The summed E-state index contributed by atoms with van der Waals surface area (Å²) in [5, 5.41) is 3.75. The number of anilines is 1. The Labute approximate surface area is 121 Å². The summed E-state index contributed by atoms with van der Waals surface area (Å²) in [6.45, 7) is 3.53. The van der Waals surface area contributed by atoms with E-state index in [1.807, 2.05) is 0 Å². The van der Waals surface area contributed by atoms with Crippen molar-refractivity contribution in [1.29, 1.82) is 0 Å². The molecule has 1 aromatic rings. The van der Waals surface area contributed by atoms with E-state index in [-0.39, 0.29) is 0 Å². The molecule has 3 aliphatic rings. The summed E-state index contributed by atoms with van der Waals surface area (Å²) in [7, 11) is 0. The van der Waals surface area contributed by atoms with Gasteiger partial charge in [0.05, 0.1) is 0 Å². The third-order valence-electron chi connectivity index (χ3n) is 5.04. The van der Waals surface area contributed by atoms with E-state index in [1.54, 1.807) is 6.33 Å². The van der Waals surface area contributed by atoms with Gasteiger partial charge in [0.15, 0.2) is 0 Å². The first-order valence-corrected chi connectivity index (χ1v) is 8.21. The molecule has 108 valence electrons. The minimum atomic E-state index is 0.724. The van der Waals surface area contributed by atoms with Crippen molar-refractivity contribution in [2.75, 3.05) is 24.5 Å². The second-order valence-corrected chi connectivity index (χ2v) is 6.59. The quantitative estimate of drug-likeness (QED) is 0.909. The molecule has 0 radical (unpaired) electrons. The Hall–Kier alpha value is -1.16. The molecule has 1 aliphatic heterocycles. The number of aromatic nitrogens is 2. The second kappa shape index (κ2) is 5.32. The van der Waals surface area contributed by atoms with Crippen molar-refractivity contribution in [3.63, 3.8) is 0 Å². The number of rotatable bonds is 4. The number of nitrogens with one attached hydrogen (secondary N) is 1. The molecular formula is C16H24N4. The first-order valence-electron chi connectivity index (χ1n) is 8.21. The van der Waals surface area contributed by atoms with Crippen molar-refractivity contribution in [1.82, 2.24) is 15.3 Å². The number of nitrogens with zero attached hydrogens (tertiary/aromatic N) is 3. The molecule has 2 heterocycles. The van der Waals surface area contributed by atoms with E-state index in [1.165, 1.54) is 62.1 Å². The van der Waals surface area contributed by atoms with Crippen LogP contribution in [0.2, 0.25) is 0 Å². The zero-order chi connectivity index (χ0) is 13.4. The number of piperidine rings is 1. The summed E-state index contributed by atoms with van der Waals surface area (Å²) in [6.07, 6.45) is 10.7. The van der Waals surface area contributed by atoms with Crippen LogP contribution in [0.1, 0.15) is 43.4 Å². The first-order chi connectivity index (χ1) is 9.90. The van der Waals surface area contributed by atoms with Gasteiger partial charge in [0.1, 0.15) is 12.1 Å². The van der Waals surface area contributed by atoms with Gasteiger partial charge in [-0.05, 0) is 57.4 Å². The fraction of sp³-hybridized carbons (Fsp3) is 0.750.